The molecule has 2 aliphatic rings. The molecule has 0 saturated carbocycles. The van der Waals surface area contributed by atoms with Gasteiger partial charge >= 0.3 is 0 Å². The summed E-state index contributed by atoms with van der Waals surface area (Å²) >= 11 is 0. The zero-order chi connectivity index (χ0) is 17.4. The van der Waals surface area contributed by atoms with Crippen LogP contribution in [0.15, 0.2) is 34.9 Å². The topological polar surface area (TPSA) is 79.5 Å². The van der Waals surface area contributed by atoms with Crippen molar-refractivity contribution in [2.24, 2.45) is 5.92 Å². The highest BCUT2D eigenvalue weighted by atomic mass is 16.5. The second kappa shape index (κ2) is 6.31. The van der Waals surface area contributed by atoms with Crippen molar-refractivity contribution >= 4 is 17.5 Å². The van der Waals surface area contributed by atoms with E-state index in [1.807, 2.05) is 35.2 Å². The van der Waals surface area contributed by atoms with Crippen molar-refractivity contribution in [1.82, 2.24) is 15.0 Å². The SMILES string of the molecule is Cc1nc([C@@H]2CCCN2C(=O)[C@H]2CC(=O)N(c3ccccc3)C2)no1. The van der Waals surface area contributed by atoms with Crippen molar-refractivity contribution in [2.45, 2.75) is 32.2 Å². The molecule has 7 heteroatoms. The van der Waals surface area contributed by atoms with Gasteiger partial charge in [0, 0.05) is 32.1 Å². The molecule has 2 amide bonds. The molecule has 2 aliphatic heterocycles. The van der Waals surface area contributed by atoms with Crippen LogP contribution < -0.4 is 4.90 Å². The molecule has 1 aromatic heterocycles. The molecule has 0 radical (unpaired) electrons. The number of hydrogen-bond acceptors (Lipinski definition) is 5. The fourth-order valence-electron chi connectivity index (χ4n) is 3.71. The lowest BCUT2D eigenvalue weighted by molar-refractivity contribution is -0.136. The van der Waals surface area contributed by atoms with Crippen molar-refractivity contribution in [3.8, 4) is 0 Å². The Morgan fingerprint density at radius 3 is 2.80 bits per heavy atom. The van der Waals surface area contributed by atoms with Crippen LogP contribution in [0.1, 0.15) is 37.0 Å². The molecule has 0 aliphatic carbocycles. The summed E-state index contributed by atoms with van der Waals surface area (Å²) in [5.74, 6) is 0.752. The lowest BCUT2D eigenvalue weighted by Crippen LogP contribution is -2.37. The number of para-hydroxylation sites is 1. The first kappa shape index (κ1) is 15.8. The molecule has 3 heterocycles. The zero-order valence-corrected chi connectivity index (χ0v) is 14.1. The number of benzene rings is 1. The summed E-state index contributed by atoms with van der Waals surface area (Å²) in [6.45, 7) is 2.84. The monoisotopic (exact) mass is 340 g/mol. The Balaban J connectivity index is 1.50. The lowest BCUT2D eigenvalue weighted by Gasteiger charge is -2.25. The summed E-state index contributed by atoms with van der Waals surface area (Å²) in [5.41, 5.74) is 0.842. The maximum absolute atomic E-state index is 13.0. The van der Waals surface area contributed by atoms with Crippen LogP contribution in [0, 0.1) is 12.8 Å². The molecule has 7 nitrogen and oxygen atoms in total. The molecule has 0 N–H and O–H groups in total. The summed E-state index contributed by atoms with van der Waals surface area (Å²) in [7, 11) is 0. The van der Waals surface area contributed by atoms with E-state index in [2.05, 4.69) is 10.1 Å². The summed E-state index contributed by atoms with van der Waals surface area (Å²) in [6.07, 6.45) is 1.99. The molecule has 0 spiro atoms. The molecular weight excluding hydrogens is 320 g/mol. The second-order valence-electron chi connectivity index (χ2n) is 6.60. The van der Waals surface area contributed by atoms with Crippen LogP contribution in [0.2, 0.25) is 0 Å². The van der Waals surface area contributed by atoms with E-state index < -0.39 is 0 Å². The van der Waals surface area contributed by atoms with E-state index in [1.54, 1.807) is 11.8 Å². The van der Waals surface area contributed by atoms with Crippen molar-refractivity contribution in [3.63, 3.8) is 0 Å². The molecule has 4 rings (SSSR count). The van der Waals surface area contributed by atoms with E-state index in [0.29, 0.717) is 24.8 Å². The summed E-state index contributed by atoms with van der Waals surface area (Å²) in [5, 5.41) is 3.98. The number of hydrogen-bond donors (Lipinski definition) is 0. The highest BCUT2D eigenvalue weighted by molar-refractivity contribution is 6.00. The summed E-state index contributed by atoms with van der Waals surface area (Å²) < 4.78 is 5.06. The Morgan fingerprint density at radius 2 is 2.08 bits per heavy atom. The molecule has 130 valence electrons. The minimum atomic E-state index is -0.318. The van der Waals surface area contributed by atoms with Crippen molar-refractivity contribution in [1.29, 1.82) is 0 Å². The first-order valence-corrected chi connectivity index (χ1v) is 8.59. The molecule has 2 fully saturated rings. The van der Waals surface area contributed by atoms with E-state index in [0.717, 1.165) is 18.5 Å². The van der Waals surface area contributed by atoms with Gasteiger partial charge in [-0.25, -0.2) is 0 Å². The third kappa shape index (κ3) is 2.90. The van der Waals surface area contributed by atoms with Crippen LogP contribution >= 0.6 is 0 Å². The van der Waals surface area contributed by atoms with Crippen LogP contribution in [-0.4, -0.2) is 39.9 Å². The maximum atomic E-state index is 13.0. The molecule has 1 aromatic carbocycles. The third-order valence-corrected chi connectivity index (χ3v) is 4.92. The highest BCUT2D eigenvalue weighted by Gasteiger charge is 2.41. The minimum absolute atomic E-state index is 0.00398. The highest BCUT2D eigenvalue weighted by Crippen LogP contribution is 2.34. The lowest BCUT2D eigenvalue weighted by atomic mass is 10.1. The van der Waals surface area contributed by atoms with Crippen molar-refractivity contribution in [2.75, 3.05) is 18.0 Å². The van der Waals surface area contributed by atoms with E-state index in [-0.39, 0.29) is 30.2 Å². The summed E-state index contributed by atoms with van der Waals surface area (Å²) in [6, 6.07) is 9.34. The Kier molecular flexibility index (Phi) is 3.99. The van der Waals surface area contributed by atoms with E-state index >= 15 is 0 Å². The molecule has 0 unspecified atom stereocenters. The Bertz CT molecular complexity index is 789. The van der Waals surface area contributed by atoms with Gasteiger partial charge in [0.15, 0.2) is 5.82 Å². The largest absolute Gasteiger partial charge is 0.340 e. The predicted molar refractivity (Wildman–Crippen MR) is 89.6 cm³/mol. The van der Waals surface area contributed by atoms with E-state index in [1.165, 1.54) is 0 Å². The molecule has 0 bridgehead atoms. The first-order chi connectivity index (χ1) is 12.1. The molecule has 2 atom stereocenters. The van der Waals surface area contributed by atoms with Gasteiger partial charge in [-0.05, 0) is 25.0 Å². The number of anilines is 1. The van der Waals surface area contributed by atoms with Gasteiger partial charge in [0.1, 0.15) is 0 Å². The normalized spacial score (nSPS) is 23.5. The van der Waals surface area contributed by atoms with Crippen molar-refractivity contribution < 1.29 is 14.1 Å². The fourth-order valence-corrected chi connectivity index (χ4v) is 3.71. The number of rotatable bonds is 3. The summed E-state index contributed by atoms with van der Waals surface area (Å²) in [4.78, 5) is 33.2. The number of aryl methyl sites for hydroxylation is 1. The van der Waals surface area contributed by atoms with Gasteiger partial charge in [-0.2, -0.15) is 4.98 Å². The standard InChI is InChI=1S/C18H20N4O3/c1-12-19-17(20-25-12)15-8-5-9-21(15)18(24)13-10-16(23)22(11-13)14-6-3-2-4-7-14/h2-4,6-7,13,15H,5,8-11H2,1H3/t13-,15-/m0/s1. The van der Waals surface area contributed by atoms with Gasteiger partial charge in [0.05, 0.1) is 12.0 Å². The molecule has 2 saturated heterocycles. The van der Waals surface area contributed by atoms with Crippen LogP contribution in [-0.2, 0) is 9.59 Å². The van der Waals surface area contributed by atoms with Gasteiger partial charge < -0.3 is 14.3 Å². The van der Waals surface area contributed by atoms with E-state index in [4.69, 9.17) is 4.52 Å². The van der Waals surface area contributed by atoms with Crippen LogP contribution in [0.4, 0.5) is 5.69 Å². The number of carbonyl (C=O) groups excluding carboxylic acids is 2. The number of aromatic nitrogens is 2. The van der Waals surface area contributed by atoms with Gasteiger partial charge in [-0.15, -0.1) is 0 Å². The quantitative estimate of drug-likeness (QED) is 0.855. The zero-order valence-electron chi connectivity index (χ0n) is 14.1. The number of amides is 2. The van der Waals surface area contributed by atoms with Crippen LogP contribution in [0.25, 0.3) is 0 Å². The molecule has 25 heavy (non-hydrogen) atoms. The smallest absolute Gasteiger partial charge is 0.228 e. The number of nitrogens with zero attached hydrogens (tertiary/aromatic N) is 4. The molecular formula is C18H20N4O3. The number of likely N-dealkylation sites (tertiary alicyclic amines) is 1. The van der Waals surface area contributed by atoms with Gasteiger partial charge in [0.2, 0.25) is 17.7 Å². The average molecular weight is 340 g/mol. The Hall–Kier alpha value is -2.70. The van der Waals surface area contributed by atoms with Crippen LogP contribution in [0.3, 0.4) is 0 Å². The van der Waals surface area contributed by atoms with Crippen molar-refractivity contribution in [3.05, 3.63) is 42.0 Å². The molecule has 2 aromatic rings. The van der Waals surface area contributed by atoms with Crippen LogP contribution in [0.5, 0.6) is 0 Å². The Labute approximate surface area is 145 Å². The predicted octanol–water partition coefficient (Wildman–Crippen LogP) is 2.09. The minimum Gasteiger partial charge on any atom is -0.340 e. The van der Waals surface area contributed by atoms with Gasteiger partial charge in [0.25, 0.3) is 0 Å². The maximum Gasteiger partial charge on any atom is 0.228 e. The second-order valence-corrected chi connectivity index (χ2v) is 6.60. The number of carbonyl (C=O) groups is 2. The van der Waals surface area contributed by atoms with Gasteiger partial charge in [-0.1, -0.05) is 23.4 Å². The first-order valence-electron chi connectivity index (χ1n) is 8.59. The third-order valence-electron chi connectivity index (χ3n) is 4.92. The fraction of sp³-hybridized carbons (Fsp3) is 0.444. The van der Waals surface area contributed by atoms with E-state index in [9.17, 15) is 9.59 Å². The average Bonchev–Trinajstić information content (AvgIpc) is 3.34. The van der Waals surface area contributed by atoms with Gasteiger partial charge in [-0.3, -0.25) is 9.59 Å². The Morgan fingerprint density at radius 1 is 1.28 bits per heavy atom.